The zero-order valence-corrected chi connectivity index (χ0v) is 15.2. The highest BCUT2D eigenvalue weighted by Gasteiger charge is 2.20. The van der Waals surface area contributed by atoms with Gasteiger partial charge < -0.3 is 14.6 Å². The zero-order chi connectivity index (χ0) is 17.5. The number of ether oxygens (including phenoxy) is 1. The van der Waals surface area contributed by atoms with Gasteiger partial charge >= 0.3 is 0 Å². The van der Waals surface area contributed by atoms with Gasteiger partial charge in [0.2, 0.25) is 5.91 Å². The molecule has 0 aliphatic heterocycles. The number of rotatable bonds is 8. The van der Waals surface area contributed by atoms with E-state index in [2.05, 4.69) is 16.0 Å². The van der Waals surface area contributed by atoms with E-state index >= 15 is 0 Å². The van der Waals surface area contributed by atoms with Crippen LogP contribution in [0, 0.1) is 5.92 Å². The minimum atomic E-state index is 0.213. The highest BCUT2D eigenvalue weighted by atomic mass is 16.5. The summed E-state index contributed by atoms with van der Waals surface area (Å²) in [5.74, 6) is 1.45. The van der Waals surface area contributed by atoms with Gasteiger partial charge in [-0.2, -0.15) is 0 Å². The lowest BCUT2D eigenvalue weighted by molar-refractivity contribution is -0.125. The standard InChI is InChI=1S/C20H29N3O2/c1-2-25-15-14-23-18-11-7-6-10-17(18)22-19(23)12-13-21-20(24)16-8-4-3-5-9-16/h6-7,10-11,16H,2-5,8-9,12-15H2,1H3,(H,21,24). The second-order valence-electron chi connectivity index (χ2n) is 6.74. The zero-order valence-electron chi connectivity index (χ0n) is 15.2. The van der Waals surface area contributed by atoms with Crippen LogP contribution < -0.4 is 5.32 Å². The van der Waals surface area contributed by atoms with Gasteiger partial charge in [0.25, 0.3) is 0 Å². The SMILES string of the molecule is CCOCCn1c(CCNC(=O)C2CCCCC2)nc2ccccc21. The molecule has 1 aromatic carbocycles. The molecule has 0 spiro atoms. The van der Waals surface area contributed by atoms with Crippen molar-refractivity contribution < 1.29 is 9.53 Å². The predicted octanol–water partition coefficient (Wildman–Crippen LogP) is 3.31. The first-order chi connectivity index (χ1) is 12.3. The van der Waals surface area contributed by atoms with Gasteiger partial charge in [-0.15, -0.1) is 0 Å². The fourth-order valence-electron chi connectivity index (χ4n) is 3.67. The number of carbonyl (C=O) groups excluding carboxylic acids is 1. The van der Waals surface area contributed by atoms with Crippen molar-refractivity contribution in [3.8, 4) is 0 Å². The van der Waals surface area contributed by atoms with Crippen LogP contribution >= 0.6 is 0 Å². The van der Waals surface area contributed by atoms with Crippen LogP contribution in [0.1, 0.15) is 44.9 Å². The molecule has 1 saturated carbocycles. The minimum Gasteiger partial charge on any atom is -0.380 e. The third kappa shape index (κ3) is 4.60. The molecule has 5 nitrogen and oxygen atoms in total. The molecule has 1 heterocycles. The molecule has 25 heavy (non-hydrogen) atoms. The van der Waals surface area contributed by atoms with E-state index < -0.39 is 0 Å². The van der Waals surface area contributed by atoms with Gasteiger partial charge in [-0.25, -0.2) is 4.98 Å². The monoisotopic (exact) mass is 343 g/mol. The number of nitrogens with one attached hydrogen (secondary N) is 1. The van der Waals surface area contributed by atoms with Crippen LogP contribution in [0.2, 0.25) is 0 Å². The quantitative estimate of drug-likeness (QED) is 0.748. The molecular formula is C20H29N3O2. The molecular weight excluding hydrogens is 314 g/mol. The molecule has 1 aliphatic rings. The van der Waals surface area contributed by atoms with Crippen molar-refractivity contribution in [1.82, 2.24) is 14.9 Å². The smallest absolute Gasteiger partial charge is 0.223 e. The minimum absolute atomic E-state index is 0.213. The molecule has 0 radical (unpaired) electrons. The second kappa shape index (κ2) is 8.99. The van der Waals surface area contributed by atoms with Crippen molar-refractivity contribution in [2.45, 2.75) is 52.0 Å². The predicted molar refractivity (Wildman–Crippen MR) is 99.5 cm³/mol. The normalized spacial score (nSPS) is 15.6. The molecule has 1 fully saturated rings. The number of imidazole rings is 1. The lowest BCUT2D eigenvalue weighted by atomic mass is 9.89. The van der Waals surface area contributed by atoms with Gasteiger partial charge in [0.1, 0.15) is 5.82 Å². The third-order valence-electron chi connectivity index (χ3n) is 5.02. The Hall–Kier alpha value is -1.88. The van der Waals surface area contributed by atoms with Gasteiger partial charge in [-0.3, -0.25) is 4.79 Å². The summed E-state index contributed by atoms with van der Waals surface area (Å²) in [4.78, 5) is 17.1. The van der Waals surface area contributed by atoms with Crippen molar-refractivity contribution in [3.05, 3.63) is 30.1 Å². The number of hydrogen-bond donors (Lipinski definition) is 1. The Bertz CT molecular complexity index is 689. The van der Waals surface area contributed by atoms with E-state index in [1.165, 1.54) is 19.3 Å². The number of benzene rings is 1. The highest BCUT2D eigenvalue weighted by Crippen LogP contribution is 2.23. The van der Waals surface area contributed by atoms with Gasteiger partial charge in [-0.05, 0) is 31.9 Å². The first kappa shape index (κ1) is 17.9. The van der Waals surface area contributed by atoms with Crippen molar-refractivity contribution in [2.24, 2.45) is 5.92 Å². The second-order valence-corrected chi connectivity index (χ2v) is 6.74. The third-order valence-corrected chi connectivity index (χ3v) is 5.02. The Labute approximate surface area is 149 Å². The maximum Gasteiger partial charge on any atom is 0.223 e. The number of fused-ring (bicyclic) bond motifs is 1. The largest absolute Gasteiger partial charge is 0.380 e. The summed E-state index contributed by atoms with van der Waals surface area (Å²) < 4.78 is 7.73. The van der Waals surface area contributed by atoms with E-state index in [-0.39, 0.29) is 11.8 Å². The fraction of sp³-hybridized carbons (Fsp3) is 0.600. The van der Waals surface area contributed by atoms with Gasteiger partial charge in [0.15, 0.2) is 0 Å². The summed E-state index contributed by atoms with van der Waals surface area (Å²) in [6.07, 6.45) is 6.47. The first-order valence-electron chi connectivity index (χ1n) is 9.59. The summed E-state index contributed by atoms with van der Waals surface area (Å²) in [7, 11) is 0. The lowest BCUT2D eigenvalue weighted by Gasteiger charge is -2.20. The summed E-state index contributed by atoms with van der Waals surface area (Å²) >= 11 is 0. The molecule has 1 N–H and O–H groups in total. The number of nitrogens with zero attached hydrogens (tertiary/aromatic N) is 2. The molecule has 1 amide bonds. The molecule has 1 aromatic heterocycles. The van der Waals surface area contributed by atoms with Crippen LogP contribution in [0.25, 0.3) is 11.0 Å². The van der Waals surface area contributed by atoms with Gasteiger partial charge in [0, 0.05) is 32.0 Å². The van der Waals surface area contributed by atoms with E-state index in [0.29, 0.717) is 13.2 Å². The van der Waals surface area contributed by atoms with Crippen molar-refractivity contribution >= 4 is 16.9 Å². The van der Waals surface area contributed by atoms with Gasteiger partial charge in [0.05, 0.1) is 17.6 Å². The maximum atomic E-state index is 12.3. The lowest BCUT2D eigenvalue weighted by Crippen LogP contribution is -2.33. The van der Waals surface area contributed by atoms with Crippen molar-refractivity contribution in [3.63, 3.8) is 0 Å². The van der Waals surface area contributed by atoms with Crippen LogP contribution in [0.4, 0.5) is 0 Å². The van der Waals surface area contributed by atoms with Crippen LogP contribution in [0.3, 0.4) is 0 Å². The molecule has 0 unspecified atom stereocenters. The van der Waals surface area contributed by atoms with E-state index in [1.807, 2.05) is 25.1 Å². The molecule has 0 atom stereocenters. The molecule has 0 saturated heterocycles. The van der Waals surface area contributed by atoms with Crippen LogP contribution in [0.5, 0.6) is 0 Å². The summed E-state index contributed by atoms with van der Waals surface area (Å²) in [5, 5.41) is 3.12. The van der Waals surface area contributed by atoms with Crippen LogP contribution in [-0.2, 0) is 22.5 Å². The Kier molecular flexibility index (Phi) is 6.45. The number of hydrogen-bond acceptors (Lipinski definition) is 3. The number of para-hydroxylation sites is 2. The van der Waals surface area contributed by atoms with E-state index in [0.717, 1.165) is 49.3 Å². The number of aromatic nitrogens is 2. The van der Waals surface area contributed by atoms with Gasteiger partial charge in [-0.1, -0.05) is 31.4 Å². The van der Waals surface area contributed by atoms with E-state index in [1.54, 1.807) is 0 Å². The van der Waals surface area contributed by atoms with E-state index in [9.17, 15) is 4.79 Å². The van der Waals surface area contributed by atoms with Crippen molar-refractivity contribution in [1.29, 1.82) is 0 Å². The maximum absolute atomic E-state index is 12.3. The van der Waals surface area contributed by atoms with Crippen molar-refractivity contribution in [2.75, 3.05) is 19.8 Å². The summed E-state index contributed by atoms with van der Waals surface area (Å²) in [6.45, 7) is 4.85. The molecule has 1 aliphatic carbocycles. The van der Waals surface area contributed by atoms with Crippen LogP contribution in [-0.4, -0.2) is 35.2 Å². The first-order valence-corrected chi connectivity index (χ1v) is 9.59. The molecule has 136 valence electrons. The summed E-state index contributed by atoms with van der Waals surface area (Å²) in [6, 6.07) is 8.18. The number of carbonyl (C=O) groups is 1. The Morgan fingerprint density at radius 3 is 2.88 bits per heavy atom. The molecule has 5 heteroatoms. The molecule has 3 rings (SSSR count). The average molecular weight is 343 g/mol. The topological polar surface area (TPSA) is 56.1 Å². The highest BCUT2D eigenvalue weighted by molar-refractivity contribution is 5.78. The Morgan fingerprint density at radius 1 is 1.28 bits per heavy atom. The summed E-state index contributed by atoms with van der Waals surface area (Å²) in [5.41, 5.74) is 2.14. The molecule has 2 aromatic rings. The molecule has 0 bridgehead atoms. The average Bonchev–Trinajstić information content (AvgIpc) is 3.00. The Morgan fingerprint density at radius 2 is 2.08 bits per heavy atom. The van der Waals surface area contributed by atoms with Crippen LogP contribution in [0.15, 0.2) is 24.3 Å². The van der Waals surface area contributed by atoms with E-state index in [4.69, 9.17) is 9.72 Å². The number of amides is 1. The fourth-order valence-corrected chi connectivity index (χ4v) is 3.67. The Balaban J connectivity index is 1.61.